The summed E-state index contributed by atoms with van der Waals surface area (Å²) in [6, 6.07) is 8.55. The zero-order chi connectivity index (χ0) is 13.5. The lowest BCUT2D eigenvalue weighted by molar-refractivity contribution is 0.199. The van der Waals surface area contributed by atoms with Gasteiger partial charge in [0, 0.05) is 32.0 Å². The molecule has 1 aromatic carbocycles. The van der Waals surface area contributed by atoms with Crippen molar-refractivity contribution in [1.82, 2.24) is 15.1 Å². The van der Waals surface area contributed by atoms with Gasteiger partial charge in [-0.3, -0.25) is 4.68 Å². The molecule has 19 heavy (non-hydrogen) atoms. The fraction of sp³-hybridized carbons (Fsp3) is 0.400. The number of hydrogen-bond acceptors (Lipinski definition) is 3. The minimum Gasteiger partial charge on any atom is -0.383 e. The Morgan fingerprint density at radius 2 is 2.00 bits per heavy atom. The van der Waals surface area contributed by atoms with Crippen LogP contribution in [0.4, 0.5) is 0 Å². The third-order valence-electron chi connectivity index (χ3n) is 2.96. The molecule has 0 aliphatic carbocycles. The van der Waals surface area contributed by atoms with Crippen molar-refractivity contribution in [3.8, 4) is 0 Å². The third-order valence-corrected chi connectivity index (χ3v) is 2.96. The first-order valence-electron chi connectivity index (χ1n) is 6.54. The summed E-state index contributed by atoms with van der Waals surface area (Å²) < 4.78 is 6.96. The maximum atomic E-state index is 4.99. The topological polar surface area (TPSA) is 39.1 Å². The minimum atomic E-state index is 0.734. The maximum Gasteiger partial charge on any atom is 0.0659 e. The molecular formula is C15H21N3O. The molecule has 2 aromatic rings. The van der Waals surface area contributed by atoms with Crippen LogP contribution in [0.3, 0.4) is 0 Å². The maximum absolute atomic E-state index is 4.99. The van der Waals surface area contributed by atoms with Gasteiger partial charge < -0.3 is 10.1 Å². The molecule has 0 atom stereocenters. The average molecular weight is 259 g/mol. The van der Waals surface area contributed by atoms with E-state index >= 15 is 0 Å². The smallest absolute Gasteiger partial charge is 0.0659 e. The van der Waals surface area contributed by atoms with E-state index in [0.717, 1.165) is 26.2 Å². The molecule has 0 fully saturated rings. The SMILES string of the molecule is COCCNCc1cnn(Cc2ccc(C)cc2)c1. The fourth-order valence-electron chi connectivity index (χ4n) is 1.87. The summed E-state index contributed by atoms with van der Waals surface area (Å²) >= 11 is 0. The second kappa shape index (κ2) is 7.07. The Balaban J connectivity index is 1.85. The lowest BCUT2D eigenvalue weighted by atomic mass is 10.1. The molecule has 1 heterocycles. The van der Waals surface area contributed by atoms with Crippen molar-refractivity contribution in [2.45, 2.75) is 20.0 Å². The van der Waals surface area contributed by atoms with E-state index in [2.05, 4.69) is 47.8 Å². The van der Waals surface area contributed by atoms with Crippen LogP contribution in [-0.4, -0.2) is 30.0 Å². The Labute approximate surface area is 114 Å². The van der Waals surface area contributed by atoms with Crippen molar-refractivity contribution in [3.63, 3.8) is 0 Å². The Hall–Kier alpha value is -1.65. The normalized spacial score (nSPS) is 10.8. The predicted octanol–water partition coefficient (Wildman–Crippen LogP) is 1.98. The van der Waals surface area contributed by atoms with Gasteiger partial charge in [-0.05, 0) is 12.5 Å². The number of ether oxygens (including phenoxy) is 1. The molecule has 0 spiro atoms. The molecule has 0 bridgehead atoms. The van der Waals surface area contributed by atoms with E-state index in [1.165, 1.54) is 16.7 Å². The van der Waals surface area contributed by atoms with Crippen molar-refractivity contribution < 1.29 is 4.74 Å². The molecule has 0 radical (unpaired) electrons. The number of nitrogens with one attached hydrogen (secondary N) is 1. The Bertz CT molecular complexity index is 490. The number of methoxy groups -OCH3 is 1. The number of hydrogen-bond donors (Lipinski definition) is 1. The Morgan fingerprint density at radius 1 is 1.21 bits per heavy atom. The van der Waals surface area contributed by atoms with Crippen molar-refractivity contribution in [3.05, 3.63) is 53.3 Å². The van der Waals surface area contributed by atoms with Gasteiger partial charge in [0.25, 0.3) is 0 Å². The lowest BCUT2D eigenvalue weighted by Crippen LogP contribution is -2.18. The molecule has 2 rings (SSSR count). The van der Waals surface area contributed by atoms with Gasteiger partial charge in [0.2, 0.25) is 0 Å². The van der Waals surface area contributed by atoms with Crippen molar-refractivity contribution in [2.75, 3.05) is 20.3 Å². The average Bonchev–Trinajstić information content (AvgIpc) is 2.85. The van der Waals surface area contributed by atoms with Gasteiger partial charge in [0.15, 0.2) is 0 Å². The van der Waals surface area contributed by atoms with E-state index in [0.29, 0.717) is 0 Å². The van der Waals surface area contributed by atoms with Crippen LogP contribution in [0.5, 0.6) is 0 Å². The molecule has 0 saturated heterocycles. The van der Waals surface area contributed by atoms with Gasteiger partial charge in [-0.25, -0.2) is 0 Å². The summed E-state index contributed by atoms with van der Waals surface area (Å²) in [6.45, 7) is 5.34. The molecule has 0 aliphatic rings. The molecule has 0 saturated carbocycles. The summed E-state index contributed by atoms with van der Waals surface area (Å²) in [5, 5.41) is 7.69. The third kappa shape index (κ3) is 4.50. The summed E-state index contributed by atoms with van der Waals surface area (Å²) in [5.74, 6) is 0. The van der Waals surface area contributed by atoms with E-state index < -0.39 is 0 Å². The molecule has 0 amide bonds. The highest BCUT2D eigenvalue weighted by Crippen LogP contribution is 2.06. The predicted molar refractivity (Wildman–Crippen MR) is 76.1 cm³/mol. The molecule has 1 N–H and O–H groups in total. The summed E-state index contributed by atoms with van der Waals surface area (Å²) in [4.78, 5) is 0. The summed E-state index contributed by atoms with van der Waals surface area (Å²) in [7, 11) is 1.71. The van der Waals surface area contributed by atoms with Crippen molar-refractivity contribution in [2.24, 2.45) is 0 Å². The molecule has 1 aromatic heterocycles. The molecule has 4 nitrogen and oxygen atoms in total. The highest BCUT2D eigenvalue weighted by Gasteiger charge is 1.99. The molecule has 102 valence electrons. The van der Waals surface area contributed by atoms with Crippen LogP contribution in [0.2, 0.25) is 0 Å². The highest BCUT2D eigenvalue weighted by atomic mass is 16.5. The van der Waals surface area contributed by atoms with E-state index in [9.17, 15) is 0 Å². The van der Waals surface area contributed by atoms with Crippen LogP contribution in [0.1, 0.15) is 16.7 Å². The van der Waals surface area contributed by atoms with Crippen molar-refractivity contribution in [1.29, 1.82) is 0 Å². The van der Waals surface area contributed by atoms with E-state index in [1.54, 1.807) is 7.11 Å². The first-order chi connectivity index (χ1) is 9.28. The lowest BCUT2D eigenvalue weighted by Gasteiger charge is -2.03. The summed E-state index contributed by atoms with van der Waals surface area (Å²) in [5.41, 5.74) is 3.75. The van der Waals surface area contributed by atoms with Gasteiger partial charge in [0.05, 0.1) is 19.3 Å². The van der Waals surface area contributed by atoms with Crippen LogP contribution in [0.15, 0.2) is 36.7 Å². The van der Waals surface area contributed by atoms with Crippen LogP contribution in [0.25, 0.3) is 0 Å². The van der Waals surface area contributed by atoms with Crippen LogP contribution >= 0.6 is 0 Å². The summed E-state index contributed by atoms with van der Waals surface area (Å²) in [6.07, 6.45) is 3.99. The molecular weight excluding hydrogens is 238 g/mol. The number of rotatable bonds is 7. The van der Waals surface area contributed by atoms with Crippen molar-refractivity contribution >= 4 is 0 Å². The fourth-order valence-corrected chi connectivity index (χ4v) is 1.87. The first kappa shape index (κ1) is 13.8. The largest absolute Gasteiger partial charge is 0.383 e. The van der Waals surface area contributed by atoms with Crippen LogP contribution in [0, 0.1) is 6.92 Å². The van der Waals surface area contributed by atoms with Gasteiger partial charge in [0.1, 0.15) is 0 Å². The first-order valence-corrected chi connectivity index (χ1v) is 6.54. The molecule has 0 aliphatic heterocycles. The molecule has 0 unspecified atom stereocenters. The number of benzene rings is 1. The zero-order valence-electron chi connectivity index (χ0n) is 11.6. The van der Waals surface area contributed by atoms with Gasteiger partial charge in [-0.2, -0.15) is 5.10 Å². The van der Waals surface area contributed by atoms with Crippen LogP contribution < -0.4 is 5.32 Å². The number of aryl methyl sites for hydroxylation is 1. The van der Waals surface area contributed by atoms with Gasteiger partial charge in [-0.15, -0.1) is 0 Å². The highest BCUT2D eigenvalue weighted by molar-refractivity contribution is 5.21. The second-order valence-electron chi connectivity index (χ2n) is 4.70. The van der Waals surface area contributed by atoms with E-state index in [-0.39, 0.29) is 0 Å². The van der Waals surface area contributed by atoms with Gasteiger partial charge >= 0.3 is 0 Å². The monoisotopic (exact) mass is 259 g/mol. The number of aromatic nitrogens is 2. The Morgan fingerprint density at radius 3 is 2.74 bits per heavy atom. The van der Waals surface area contributed by atoms with Crippen LogP contribution in [-0.2, 0) is 17.8 Å². The quantitative estimate of drug-likeness (QED) is 0.773. The van der Waals surface area contributed by atoms with E-state index in [1.807, 2.05) is 10.9 Å². The second-order valence-corrected chi connectivity index (χ2v) is 4.70. The standard InChI is InChI=1S/C15H21N3O/c1-13-3-5-14(6-4-13)11-18-12-15(10-17-18)9-16-7-8-19-2/h3-6,10,12,16H,7-9,11H2,1-2H3. The van der Waals surface area contributed by atoms with Gasteiger partial charge in [-0.1, -0.05) is 29.8 Å². The number of nitrogens with zero attached hydrogens (tertiary/aromatic N) is 2. The Kier molecular flexibility index (Phi) is 5.12. The molecule has 4 heteroatoms. The van der Waals surface area contributed by atoms with E-state index in [4.69, 9.17) is 4.74 Å². The zero-order valence-corrected chi connectivity index (χ0v) is 11.6. The minimum absolute atomic E-state index is 0.734.